The van der Waals surface area contributed by atoms with Gasteiger partial charge in [-0.2, -0.15) is 4.68 Å². The number of oxazole rings is 1. The van der Waals surface area contributed by atoms with Crippen LogP contribution in [0.1, 0.15) is 19.7 Å². The molecule has 0 amide bonds. The van der Waals surface area contributed by atoms with E-state index in [-0.39, 0.29) is 25.8 Å². The third kappa shape index (κ3) is 2.47. The zero-order valence-electron chi connectivity index (χ0n) is 13.3. The molecule has 2 aromatic heterocycles. The largest absolute Gasteiger partial charge is 0.616 e. The molecule has 0 spiro atoms. The standard InChI is InChI=1S/C18H18N2O2.Sc/c1-3-17-19(4-2)20-14-10-6-8-12-16(14)22-18(20)13-9-5-7-11-15(13)21-17;/h5-12H,3-4H2,1-2H3;. The fourth-order valence-corrected chi connectivity index (χ4v) is 2.98. The third-order valence-electron chi connectivity index (χ3n) is 3.97. The molecule has 0 N–H and O–H groups in total. The summed E-state index contributed by atoms with van der Waals surface area (Å²) in [5, 5.41) is 0.973. The van der Waals surface area contributed by atoms with Crippen LogP contribution in [0.15, 0.2) is 57.4 Å². The smallest absolute Gasteiger partial charge is 0.394 e. The molecule has 4 rings (SSSR count). The molecule has 0 atom stereocenters. The molecule has 0 saturated carbocycles. The maximum atomic E-state index is 6.16. The van der Waals surface area contributed by atoms with Crippen molar-refractivity contribution in [2.45, 2.75) is 26.8 Å². The zero-order chi connectivity index (χ0) is 15.1. The van der Waals surface area contributed by atoms with Gasteiger partial charge in [-0.05, 0) is 29.5 Å². The molecule has 1 radical (unpaired) electrons. The first kappa shape index (κ1) is 16.1. The minimum absolute atomic E-state index is 0. The molecule has 4 nitrogen and oxygen atoms in total. The summed E-state index contributed by atoms with van der Waals surface area (Å²) in [6, 6.07) is 16.1. The summed E-state index contributed by atoms with van der Waals surface area (Å²) in [5.41, 5.74) is 3.57. The number of fused-ring (bicyclic) bond motifs is 5. The van der Waals surface area contributed by atoms with Crippen molar-refractivity contribution in [3.8, 4) is 0 Å². The minimum atomic E-state index is 0. The predicted octanol–water partition coefficient (Wildman–Crippen LogP) is 4.14. The number of rotatable bonds is 2. The van der Waals surface area contributed by atoms with Gasteiger partial charge in [-0.3, -0.25) is 0 Å². The average molecular weight is 339 g/mol. The Balaban J connectivity index is 0.00000156. The van der Waals surface area contributed by atoms with Gasteiger partial charge >= 0.3 is 5.71 Å². The van der Waals surface area contributed by atoms with E-state index in [4.69, 9.17) is 8.83 Å². The Morgan fingerprint density at radius 3 is 2.43 bits per heavy atom. The summed E-state index contributed by atoms with van der Waals surface area (Å²) >= 11 is 0. The molecule has 23 heavy (non-hydrogen) atoms. The van der Waals surface area contributed by atoms with Crippen LogP contribution in [0, 0.1) is 0 Å². The van der Waals surface area contributed by atoms with Gasteiger partial charge in [0.1, 0.15) is 0 Å². The van der Waals surface area contributed by atoms with Crippen LogP contribution in [0.3, 0.4) is 0 Å². The van der Waals surface area contributed by atoms with Gasteiger partial charge in [-0.1, -0.05) is 37.3 Å². The molecule has 2 heterocycles. The van der Waals surface area contributed by atoms with Gasteiger partial charge in [0.2, 0.25) is 5.58 Å². The fraction of sp³-hybridized carbons (Fsp3) is 0.222. The molecular formula is C18H18N2O2Sc. The van der Waals surface area contributed by atoms with Crippen LogP contribution >= 0.6 is 0 Å². The number of hydrogen-bond donors (Lipinski definition) is 0. The van der Waals surface area contributed by atoms with Crippen molar-refractivity contribution < 1.29 is 39.2 Å². The van der Waals surface area contributed by atoms with E-state index in [0.29, 0.717) is 0 Å². The Hall–Kier alpha value is -1.75. The van der Waals surface area contributed by atoms with E-state index in [1.807, 2.05) is 42.5 Å². The first-order chi connectivity index (χ1) is 10.8. The van der Waals surface area contributed by atoms with Crippen molar-refractivity contribution in [3.05, 3.63) is 54.4 Å². The number of hydrogen-bond acceptors (Lipinski definition) is 2. The van der Waals surface area contributed by atoms with Crippen molar-refractivity contribution in [2.75, 3.05) is 0 Å². The van der Waals surface area contributed by atoms with Crippen LogP contribution in [0.25, 0.3) is 27.8 Å². The van der Waals surface area contributed by atoms with E-state index in [1.165, 1.54) is 0 Å². The number of benzene rings is 2. The minimum Gasteiger partial charge on any atom is -0.616 e. The Morgan fingerprint density at radius 2 is 1.70 bits per heavy atom. The third-order valence-corrected chi connectivity index (χ3v) is 3.97. The number of para-hydroxylation sites is 3. The maximum Gasteiger partial charge on any atom is 0.394 e. The topological polar surface area (TPSA) is 35.3 Å². The molecule has 0 aliphatic carbocycles. The molecule has 0 aliphatic heterocycles. The molecule has 0 fully saturated rings. The molecule has 0 saturated heterocycles. The van der Waals surface area contributed by atoms with Gasteiger partial charge in [0.25, 0.3) is 5.52 Å². The van der Waals surface area contributed by atoms with Crippen LogP contribution in [-0.2, 0) is 38.8 Å². The van der Waals surface area contributed by atoms with Gasteiger partial charge in [-0.25, -0.2) is 0 Å². The van der Waals surface area contributed by atoms with E-state index in [1.54, 1.807) is 0 Å². The maximum absolute atomic E-state index is 6.16. The van der Waals surface area contributed by atoms with Crippen molar-refractivity contribution >= 4 is 27.8 Å². The van der Waals surface area contributed by atoms with Crippen molar-refractivity contribution in [1.29, 1.82) is 0 Å². The monoisotopic (exact) mass is 339 g/mol. The molecule has 5 heteroatoms. The van der Waals surface area contributed by atoms with Gasteiger partial charge in [-0.15, -0.1) is 6.07 Å². The zero-order valence-corrected chi connectivity index (χ0v) is 15.1. The van der Waals surface area contributed by atoms with Crippen LogP contribution in [0.2, 0.25) is 0 Å². The second-order valence-electron chi connectivity index (χ2n) is 5.25. The molecule has 0 bridgehead atoms. The summed E-state index contributed by atoms with van der Waals surface area (Å²) in [6.45, 7) is 5.03. The summed E-state index contributed by atoms with van der Waals surface area (Å²) in [5.74, 6) is 0.922. The summed E-state index contributed by atoms with van der Waals surface area (Å²) in [6.07, 6.45) is 0.814. The van der Waals surface area contributed by atoms with Crippen molar-refractivity contribution in [3.63, 3.8) is 0 Å². The summed E-state index contributed by atoms with van der Waals surface area (Å²) in [4.78, 5) is 0. The SMILES string of the molecule is CC[c-]1oc2ccccc2c2oc3ccccc3[n+]2n1CC.[Sc]. The van der Waals surface area contributed by atoms with Crippen molar-refractivity contribution in [2.24, 2.45) is 0 Å². The quantitative estimate of drug-likeness (QED) is 0.406. The van der Waals surface area contributed by atoms with Gasteiger partial charge in [0, 0.05) is 37.3 Å². The predicted molar refractivity (Wildman–Crippen MR) is 85.4 cm³/mol. The van der Waals surface area contributed by atoms with E-state index >= 15 is 0 Å². The van der Waals surface area contributed by atoms with Gasteiger partial charge < -0.3 is 8.83 Å². The fourth-order valence-electron chi connectivity index (χ4n) is 2.98. The van der Waals surface area contributed by atoms with Crippen LogP contribution < -0.4 is 4.52 Å². The number of nitrogens with zero attached hydrogens (tertiary/aromatic N) is 2. The van der Waals surface area contributed by atoms with Gasteiger partial charge in [0.15, 0.2) is 0 Å². The van der Waals surface area contributed by atoms with Crippen LogP contribution in [0.5, 0.6) is 0 Å². The Labute approximate surface area is 152 Å². The average Bonchev–Trinajstić information content (AvgIpc) is 2.88. The Morgan fingerprint density at radius 1 is 1.00 bits per heavy atom. The molecule has 115 valence electrons. The van der Waals surface area contributed by atoms with E-state index in [0.717, 1.165) is 46.6 Å². The van der Waals surface area contributed by atoms with E-state index in [9.17, 15) is 0 Å². The Bertz CT molecular complexity index is 1020. The molecule has 0 unspecified atom stereocenters. The van der Waals surface area contributed by atoms with Crippen molar-refractivity contribution in [1.82, 2.24) is 4.68 Å². The van der Waals surface area contributed by atoms with E-state index < -0.39 is 0 Å². The molecule has 0 aliphatic rings. The first-order valence-electron chi connectivity index (χ1n) is 7.68. The molecule has 4 aromatic rings. The molecule has 2 aromatic carbocycles. The Kier molecular flexibility index (Phi) is 4.48. The van der Waals surface area contributed by atoms with Gasteiger partial charge in [0.05, 0.1) is 12.4 Å². The van der Waals surface area contributed by atoms with Crippen LogP contribution in [0.4, 0.5) is 0 Å². The number of aryl methyl sites for hydroxylation is 2. The molecular weight excluding hydrogens is 321 g/mol. The first-order valence-corrected chi connectivity index (χ1v) is 7.68. The summed E-state index contributed by atoms with van der Waals surface area (Å²) < 4.78 is 16.6. The number of aromatic nitrogens is 2. The summed E-state index contributed by atoms with van der Waals surface area (Å²) in [7, 11) is 0. The second kappa shape index (κ2) is 6.40. The van der Waals surface area contributed by atoms with E-state index in [2.05, 4.69) is 29.1 Å². The second-order valence-corrected chi connectivity index (χ2v) is 5.25. The normalized spacial score (nSPS) is 11.0. The van der Waals surface area contributed by atoms with Crippen LogP contribution in [-0.4, -0.2) is 4.68 Å².